The Morgan fingerprint density at radius 3 is 1.82 bits per heavy atom. The molecule has 0 unspecified atom stereocenters. The molecule has 0 radical (unpaired) electrons. The van der Waals surface area contributed by atoms with Gasteiger partial charge in [-0.05, 0) is 25.3 Å². The third kappa shape index (κ3) is 5.80. The van der Waals surface area contributed by atoms with Crippen molar-refractivity contribution in [2.75, 3.05) is 7.11 Å². The molecule has 1 aromatic rings. The van der Waals surface area contributed by atoms with Gasteiger partial charge in [0.25, 0.3) is 0 Å². The number of hydrogen-bond acceptors (Lipinski definition) is 8. The molecule has 1 rings (SSSR count). The lowest BCUT2D eigenvalue weighted by molar-refractivity contribution is -0.137. The maximum absolute atomic E-state index is 12.7. The van der Waals surface area contributed by atoms with Gasteiger partial charge in [0.15, 0.2) is 17.3 Å². The zero-order chi connectivity index (χ0) is 21.3. The summed E-state index contributed by atoms with van der Waals surface area (Å²) >= 11 is 0. The van der Waals surface area contributed by atoms with E-state index in [0.717, 1.165) is 13.2 Å². The smallest absolute Gasteiger partial charge is 0.338 e. The van der Waals surface area contributed by atoms with E-state index in [4.69, 9.17) is 9.47 Å². The number of carbonyl (C=O) groups excluding carboxylic acids is 4. The second-order valence-electron chi connectivity index (χ2n) is 6.09. The molecule has 0 fully saturated rings. The summed E-state index contributed by atoms with van der Waals surface area (Å²) in [5.41, 5.74) is -0.525. The molecule has 0 amide bonds. The van der Waals surface area contributed by atoms with E-state index in [1.807, 2.05) is 0 Å². The first-order valence-corrected chi connectivity index (χ1v) is 9.23. The van der Waals surface area contributed by atoms with E-state index in [2.05, 4.69) is 4.74 Å². The van der Waals surface area contributed by atoms with Crippen LogP contribution in [0.2, 0.25) is 0 Å². The Kier molecular flexibility index (Phi) is 9.14. The number of phenols is 1. The summed E-state index contributed by atoms with van der Waals surface area (Å²) in [5.74, 6) is -4.29. The highest BCUT2D eigenvalue weighted by Crippen LogP contribution is 2.43. The fraction of sp³-hybridized carbons (Fsp3) is 0.500. The summed E-state index contributed by atoms with van der Waals surface area (Å²) in [4.78, 5) is 48.9. The highest BCUT2D eigenvalue weighted by Gasteiger charge is 2.31. The van der Waals surface area contributed by atoms with E-state index in [1.54, 1.807) is 20.8 Å². The summed E-state index contributed by atoms with van der Waals surface area (Å²) in [6.07, 6.45) is 1.58. The van der Waals surface area contributed by atoms with Crippen LogP contribution in [0.25, 0.3) is 0 Å². The molecule has 28 heavy (non-hydrogen) atoms. The number of hydrogen-bond donors (Lipinski definition) is 1. The summed E-state index contributed by atoms with van der Waals surface area (Å²) in [6.45, 7) is 5.29. The number of esters is 3. The summed E-state index contributed by atoms with van der Waals surface area (Å²) in [6, 6.07) is 0.973. The van der Waals surface area contributed by atoms with Gasteiger partial charge in [-0.15, -0.1) is 0 Å². The SMILES string of the molecule is CCCC(=O)Oc1c(O)cc(C(=O)OC)c(C(=O)CCC)c1OC(=O)CCC. The molecule has 1 N–H and O–H groups in total. The minimum absolute atomic E-state index is 0.0347. The molecule has 0 bridgehead atoms. The summed E-state index contributed by atoms with van der Waals surface area (Å²) in [7, 11) is 1.12. The van der Waals surface area contributed by atoms with E-state index in [-0.39, 0.29) is 30.4 Å². The highest BCUT2D eigenvalue weighted by atomic mass is 16.6. The Morgan fingerprint density at radius 1 is 0.857 bits per heavy atom. The molecule has 0 aliphatic carbocycles. The van der Waals surface area contributed by atoms with Crippen LogP contribution in [-0.2, 0) is 14.3 Å². The fourth-order valence-corrected chi connectivity index (χ4v) is 2.46. The van der Waals surface area contributed by atoms with Gasteiger partial charge in [-0.2, -0.15) is 0 Å². The molecule has 0 saturated carbocycles. The van der Waals surface area contributed by atoms with Crippen LogP contribution >= 0.6 is 0 Å². The Bertz CT molecular complexity index is 751. The number of ketones is 1. The molecule has 0 saturated heterocycles. The van der Waals surface area contributed by atoms with E-state index in [1.165, 1.54) is 0 Å². The minimum atomic E-state index is -0.894. The molecule has 8 heteroatoms. The molecular weight excluding hydrogens is 368 g/mol. The standard InChI is InChI=1S/C20H26O8/c1-5-8-13(21)17-12(20(25)26-4)11-14(22)18(27-15(23)9-6-2)19(17)28-16(24)10-7-3/h11,22H,5-10H2,1-4H3. The van der Waals surface area contributed by atoms with E-state index < -0.39 is 40.9 Å². The van der Waals surface area contributed by atoms with Crippen LogP contribution < -0.4 is 9.47 Å². The second kappa shape index (κ2) is 11.1. The molecule has 0 heterocycles. The Labute approximate surface area is 163 Å². The third-order valence-corrected chi connectivity index (χ3v) is 3.72. The van der Waals surface area contributed by atoms with Crippen LogP contribution in [0.5, 0.6) is 17.2 Å². The van der Waals surface area contributed by atoms with Gasteiger partial charge in [0, 0.05) is 19.3 Å². The average Bonchev–Trinajstić information content (AvgIpc) is 2.64. The molecule has 0 aliphatic heterocycles. The number of phenolic OH excluding ortho intramolecular Hbond substituents is 1. The normalized spacial score (nSPS) is 10.3. The molecule has 1 aromatic carbocycles. The van der Waals surface area contributed by atoms with Gasteiger partial charge in [0.1, 0.15) is 0 Å². The quantitative estimate of drug-likeness (QED) is 0.364. The molecule has 154 valence electrons. The minimum Gasteiger partial charge on any atom is -0.504 e. The Balaban J connectivity index is 3.70. The molecular formula is C20H26O8. The second-order valence-corrected chi connectivity index (χ2v) is 6.09. The topological polar surface area (TPSA) is 116 Å². The monoisotopic (exact) mass is 394 g/mol. The number of methoxy groups -OCH3 is 1. The number of ether oxygens (including phenoxy) is 3. The Morgan fingerprint density at radius 2 is 1.36 bits per heavy atom. The van der Waals surface area contributed by atoms with E-state index in [0.29, 0.717) is 19.3 Å². The first-order chi connectivity index (χ1) is 13.3. The van der Waals surface area contributed by atoms with Crippen LogP contribution in [0, 0.1) is 0 Å². The van der Waals surface area contributed by atoms with Crippen LogP contribution in [0.4, 0.5) is 0 Å². The van der Waals surface area contributed by atoms with Crippen molar-refractivity contribution in [3.8, 4) is 17.2 Å². The summed E-state index contributed by atoms with van der Waals surface area (Å²) in [5, 5.41) is 10.3. The highest BCUT2D eigenvalue weighted by molar-refractivity contribution is 6.10. The van der Waals surface area contributed by atoms with E-state index in [9.17, 15) is 24.3 Å². The predicted octanol–water partition coefficient (Wildman–Crippen LogP) is 3.57. The van der Waals surface area contributed by atoms with Gasteiger partial charge in [-0.3, -0.25) is 14.4 Å². The van der Waals surface area contributed by atoms with Crippen molar-refractivity contribution in [2.45, 2.75) is 59.3 Å². The average molecular weight is 394 g/mol. The van der Waals surface area contributed by atoms with Crippen LogP contribution in [0.15, 0.2) is 6.07 Å². The predicted molar refractivity (Wildman–Crippen MR) is 99.8 cm³/mol. The van der Waals surface area contributed by atoms with Crippen molar-refractivity contribution in [1.29, 1.82) is 0 Å². The van der Waals surface area contributed by atoms with Crippen molar-refractivity contribution in [2.24, 2.45) is 0 Å². The van der Waals surface area contributed by atoms with Crippen molar-refractivity contribution >= 4 is 23.7 Å². The molecule has 0 aliphatic rings. The lowest BCUT2D eigenvalue weighted by atomic mass is 9.98. The Hall–Kier alpha value is -2.90. The van der Waals surface area contributed by atoms with E-state index >= 15 is 0 Å². The van der Waals surface area contributed by atoms with Gasteiger partial charge in [0.2, 0.25) is 5.75 Å². The van der Waals surface area contributed by atoms with Gasteiger partial charge in [-0.25, -0.2) is 4.79 Å². The van der Waals surface area contributed by atoms with Crippen LogP contribution in [0.3, 0.4) is 0 Å². The number of rotatable bonds is 10. The van der Waals surface area contributed by atoms with Crippen LogP contribution in [-0.4, -0.2) is 35.9 Å². The van der Waals surface area contributed by atoms with Crippen molar-refractivity contribution in [3.05, 3.63) is 17.2 Å². The number of aromatic hydroxyl groups is 1. The third-order valence-electron chi connectivity index (χ3n) is 3.72. The molecule has 0 atom stereocenters. The lowest BCUT2D eigenvalue weighted by Crippen LogP contribution is -2.18. The number of benzene rings is 1. The first kappa shape index (κ1) is 23.1. The zero-order valence-corrected chi connectivity index (χ0v) is 16.6. The largest absolute Gasteiger partial charge is 0.504 e. The molecule has 0 aromatic heterocycles. The molecule has 8 nitrogen and oxygen atoms in total. The first-order valence-electron chi connectivity index (χ1n) is 9.23. The van der Waals surface area contributed by atoms with Crippen molar-refractivity contribution < 1.29 is 38.5 Å². The number of carbonyl (C=O) groups is 4. The zero-order valence-electron chi connectivity index (χ0n) is 16.6. The summed E-state index contributed by atoms with van der Waals surface area (Å²) < 4.78 is 15.1. The van der Waals surface area contributed by atoms with Crippen LogP contribution in [0.1, 0.15) is 80.0 Å². The van der Waals surface area contributed by atoms with Gasteiger partial charge < -0.3 is 19.3 Å². The van der Waals surface area contributed by atoms with Crippen molar-refractivity contribution in [3.63, 3.8) is 0 Å². The van der Waals surface area contributed by atoms with Crippen molar-refractivity contribution in [1.82, 2.24) is 0 Å². The lowest BCUT2D eigenvalue weighted by Gasteiger charge is -2.18. The fourth-order valence-electron chi connectivity index (χ4n) is 2.46. The maximum atomic E-state index is 12.7. The number of Topliss-reactive ketones (excluding diaryl/α,β-unsaturated/α-hetero) is 1. The molecule has 0 spiro atoms. The maximum Gasteiger partial charge on any atom is 0.338 e. The van der Waals surface area contributed by atoms with Gasteiger partial charge in [-0.1, -0.05) is 20.8 Å². The van der Waals surface area contributed by atoms with Gasteiger partial charge in [0.05, 0.1) is 18.2 Å². The van der Waals surface area contributed by atoms with Gasteiger partial charge >= 0.3 is 17.9 Å².